The second-order valence-corrected chi connectivity index (χ2v) is 5.72. The molecule has 0 aliphatic heterocycles. The third kappa shape index (κ3) is 2.88. The molecule has 0 aliphatic carbocycles. The van der Waals surface area contributed by atoms with Gasteiger partial charge >= 0.3 is 0 Å². The molecule has 0 spiro atoms. The van der Waals surface area contributed by atoms with E-state index in [1.54, 1.807) is 6.07 Å². The van der Waals surface area contributed by atoms with E-state index in [4.69, 9.17) is 11.6 Å². The fraction of sp³-hybridized carbons (Fsp3) is 0.438. The monoisotopic (exact) mass is 294 g/mol. The lowest BCUT2D eigenvalue weighted by molar-refractivity contribution is 0.620. The summed E-state index contributed by atoms with van der Waals surface area (Å²) in [5.74, 6) is -0.202. The molecule has 1 unspecified atom stereocenters. The summed E-state index contributed by atoms with van der Waals surface area (Å²) in [6.07, 6.45) is 0.879. The van der Waals surface area contributed by atoms with Crippen molar-refractivity contribution < 1.29 is 4.39 Å². The van der Waals surface area contributed by atoms with Crippen LogP contribution in [0.1, 0.15) is 46.8 Å². The second-order valence-electron chi connectivity index (χ2n) is 5.19. The Morgan fingerprint density at radius 2 is 2.00 bits per heavy atom. The molecule has 0 saturated carbocycles. The van der Waals surface area contributed by atoms with Crippen molar-refractivity contribution in [3.8, 4) is 0 Å². The molecule has 0 N–H and O–H groups in total. The smallest absolute Gasteiger partial charge is 0.123 e. The molecule has 108 valence electrons. The van der Waals surface area contributed by atoms with E-state index >= 15 is 0 Å². The van der Waals surface area contributed by atoms with Crippen LogP contribution in [0.3, 0.4) is 0 Å². The lowest BCUT2D eigenvalue weighted by Gasteiger charge is -2.10. The third-order valence-electron chi connectivity index (χ3n) is 3.73. The van der Waals surface area contributed by atoms with E-state index in [0.29, 0.717) is 6.54 Å². The molecule has 0 bridgehead atoms. The maximum absolute atomic E-state index is 13.1. The van der Waals surface area contributed by atoms with Gasteiger partial charge in [0.2, 0.25) is 0 Å². The number of benzene rings is 1. The summed E-state index contributed by atoms with van der Waals surface area (Å²) >= 11 is 6.37. The Balaban J connectivity index is 2.35. The summed E-state index contributed by atoms with van der Waals surface area (Å²) in [5, 5.41) is 4.57. The van der Waals surface area contributed by atoms with Crippen LogP contribution in [0.5, 0.6) is 0 Å². The molecule has 1 heterocycles. The van der Waals surface area contributed by atoms with E-state index in [1.807, 2.05) is 31.5 Å². The van der Waals surface area contributed by atoms with Crippen molar-refractivity contribution in [2.75, 3.05) is 0 Å². The van der Waals surface area contributed by atoms with Gasteiger partial charge in [-0.15, -0.1) is 11.6 Å². The number of aryl methyl sites for hydroxylation is 2. The van der Waals surface area contributed by atoms with Gasteiger partial charge in [-0.3, -0.25) is 4.68 Å². The van der Waals surface area contributed by atoms with Crippen LogP contribution in [0.15, 0.2) is 18.2 Å². The van der Waals surface area contributed by atoms with Crippen LogP contribution in [0.4, 0.5) is 4.39 Å². The van der Waals surface area contributed by atoms with Gasteiger partial charge in [0.25, 0.3) is 0 Å². The molecule has 4 heteroatoms. The summed E-state index contributed by atoms with van der Waals surface area (Å²) in [5.41, 5.74) is 5.20. The number of alkyl halides is 1. The standard InChI is InChI=1S/C16H20ClFN2/c1-5-15(17)16-11(3)19-20(12(16)4)9-13-6-7-14(18)8-10(13)2/h6-8,15H,5,9H2,1-4H3. The number of halogens is 2. The highest BCUT2D eigenvalue weighted by Crippen LogP contribution is 2.29. The molecular formula is C16H20ClFN2. The minimum atomic E-state index is -0.202. The summed E-state index contributed by atoms with van der Waals surface area (Å²) in [6.45, 7) is 8.66. The van der Waals surface area contributed by atoms with Gasteiger partial charge in [-0.2, -0.15) is 5.10 Å². The van der Waals surface area contributed by atoms with E-state index in [2.05, 4.69) is 12.0 Å². The molecule has 0 fully saturated rings. The van der Waals surface area contributed by atoms with Gasteiger partial charge in [0.15, 0.2) is 0 Å². The van der Waals surface area contributed by atoms with Crippen LogP contribution < -0.4 is 0 Å². The lowest BCUT2D eigenvalue weighted by Crippen LogP contribution is -2.06. The maximum atomic E-state index is 13.1. The zero-order valence-corrected chi connectivity index (χ0v) is 13.1. The molecule has 0 aliphatic rings. The van der Waals surface area contributed by atoms with Crippen molar-refractivity contribution in [3.63, 3.8) is 0 Å². The van der Waals surface area contributed by atoms with Crippen LogP contribution in [0.25, 0.3) is 0 Å². The predicted octanol–water partition coefficient (Wildman–Crippen LogP) is 4.69. The zero-order valence-electron chi connectivity index (χ0n) is 12.4. The molecular weight excluding hydrogens is 275 g/mol. The van der Waals surface area contributed by atoms with Gasteiger partial charge in [-0.05, 0) is 50.5 Å². The van der Waals surface area contributed by atoms with Crippen molar-refractivity contribution >= 4 is 11.6 Å². The summed E-state index contributed by atoms with van der Waals surface area (Å²) in [6, 6.07) is 4.86. The molecule has 0 radical (unpaired) electrons. The molecule has 0 amide bonds. The van der Waals surface area contributed by atoms with Gasteiger partial charge < -0.3 is 0 Å². The van der Waals surface area contributed by atoms with Crippen molar-refractivity contribution in [1.29, 1.82) is 0 Å². The van der Waals surface area contributed by atoms with Gasteiger partial charge in [-0.25, -0.2) is 4.39 Å². The molecule has 2 aromatic rings. The summed E-state index contributed by atoms with van der Waals surface area (Å²) < 4.78 is 15.1. The Morgan fingerprint density at radius 1 is 1.30 bits per heavy atom. The average molecular weight is 295 g/mol. The Labute approximate surface area is 124 Å². The number of hydrogen-bond acceptors (Lipinski definition) is 1. The third-order valence-corrected chi connectivity index (χ3v) is 4.26. The number of hydrogen-bond donors (Lipinski definition) is 0. The van der Waals surface area contributed by atoms with Crippen LogP contribution in [-0.2, 0) is 6.54 Å². The first-order valence-corrected chi connectivity index (χ1v) is 7.30. The quantitative estimate of drug-likeness (QED) is 0.748. The number of rotatable bonds is 4. The van der Waals surface area contributed by atoms with E-state index < -0.39 is 0 Å². The molecule has 1 atom stereocenters. The van der Waals surface area contributed by atoms with Gasteiger partial charge in [-0.1, -0.05) is 13.0 Å². The van der Waals surface area contributed by atoms with Crippen LogP contribution in [0.2, 0.25) is 0 Å². The molecule has 1 aromatic carbocycles. The van der Waals surface area contributed by atoms with E-state index in [9.17, 15) is 4.39 Å². The molecule has 0 saturated heterocycles. The van der Waals surface area contributed by atoms with Crippen molar-refractivity contribution in [1.82, 2.24) is 9.78 Å². The zero-order chi connectivity index (χ0) is 14.9. The van der Waals surface area contributed by atoms with E-state index in [0.717, 1.165) is 34.5 Å². The fourth-order valence-corrected chi connectivity index (χ4v) is 2.84. The second kappa shape index (κ2) is 5.96. The van der Waals surface area contributed by atoms with Crippen LogP contribution >= 0.6 is 11.6 Å². The predicted molar refractivity (Wildman–Crippen MR) is 80.8 cm³/mol. The fourth-order valence-electron chi connectivity index (χ4n) is 2.52. The Kier molecular flexibility index (Phi) is 4.48. The first kappa shape index (κ1) is 15.0. The Hall–Kier alpha value is -1.35. The topological polar surface area (TPSA) is 17.8 Å². The molecule has 20 heavy (non-hydrogen) atoms. The van der Waals surface area contributed by atoms with Crippen molar-refractivity contribution in [2.24, 2.45) is 0 Å². The Bertz CT molecular complexity index is 619. The number of aromatic nitrogens is 2. The normalized spacial score (nSPS) is 12.7. The first-order chi connectivity index (χ1) is 9.43. The van der Waals surface area contributed by atoms with E-state index in [-0.39, 0.29) is 11.2 Å². The highest BCUT2D eigenvalue weighted by atomic mass is 35.5. The average Bonchev–Trinajstić information content (AvgIpc) is 2.67. The molecule has 1 aromatic heterocycles. The highest BCUT2D eigenvalue weighted by Gasteiger charge is 2.18. The van der Waals surface area contributed by atoms with Gasteiger partial charge in [0.1, 0.15) is 5.82 Å². The minimum Gasteiger partial charge on any atom is -0.265 e. The van der Waals surface area contributed by atoms with Gasteiger partial charge in [0, 0.05) is 11.3 Å². The van der Waals surface area contributed by atoms with Crippen molar-refractivity contribution in [2.45, 2.75) is 46.0 Å². The van der Waals surface area contributed by atoms with E-state index in [1.165, 1.54) is 6.07 Å². The van der Waals surface area contributed by atoms with Gasteiger partial charge in [0.05, 0.1) is 17.6 Å². The van der Waals surface area contributed by atoms with Crippen LogP contribution in [0, 0.1) is 26.6 Å². The first-order valence-electron chi connectivity index (χ1n) is 6.87. The lowest BCUT2D eigenvalue weighted by atomic mass is 10.1. The largest absolute Gasteiger partial charge is 0.265 e. The molecule has 2 nitrogen and oxygen atoms in total. The highest BCUT2D eigenvalue weighted by molar-refractivity contribution is 6.20. The molecule has 2 rings (SSSR count). The maximum Gasteiger partial charge on any atom is 0.123 e. The Morgan fingerprint density at radius 3 is 2.60 bits per heavy atom. The summed E-state index contributed by atoms with van der Waals surface area (Å²) in [4.78, 5) is 0. The number of nitrogens with zero attached hydrogens (tertiary/aromatic N) is 2. The van der Waals surface area contributed by atoms with Crippen molar-refractivity contribution in [3.05, 3.63) is 52.1 Å². The SMILES string of the molecule is CCC(Cl)c1c(C)nn(Cc2ccc(F)cc2C)c1C. The summed E-state index contributed by atoms with van der Waals surface area (Å²) in [7, 11) is 0. The van der Waals surface area contributed by atoms with Crippen LogP contribution in [-0.4, -0.2) is 9.78 Å². The minimum absolute atomic E-state index is 0.00179.